The largest absolute Gasteiger partial charge is 0.467 e. The van der Waals surface area contributed by atoms with Crippen molar-refractivity contribution in [2.45, 2.75) is 25.9 Å². The molecule has 0 aliphatic carbocycles. The smallest absolute Gasteiger partial charge is 0.338 e. The van der Waals surface area contributed by atoms with E-state index < -0.39 is 12.0 Å². The second-order valence-corrected chi connectivity index (χ2v) is 8.88. The first kappa shape index (κ1) is 24.1. The SMILES string of the molecule is COCCOC(=O)C1=C(C)N=C2SC=C(CC(=O)NCc3ccco3)N2[C@H]1c1cccc(Cl)c1. The molecule has 3 heterocycles. The standard InChI is InChI=1S/C24H24ClN3O5S/c1-15-21(23(30)33-10-9-31-2)22(16-5-3-6-17(25)11-16)28-18(14-34-24(28)27-15)12-20(29)26-13-19-7-4-8-32-19/h3-8,11,14,22H,9-10,12-13H2,1-2H3,(H,26,29)/t22-/m0/s1. The van der Waals surface area contributed by atoms with E-state index in [1.807, 2.05) is 28.5 Å². The number of allylic oxidation sites excluding steroid dienone is 1. The first-order valence-corrected chi connectivity index (χ1v) is 11.9. The number of hydrogen-bond acceptors (Lipinski definition) is 8. The molecule has 0 radical (unpaired) electrons. The van der Waals surface area contributed by atoms with Crippen LogP contribution in [0.2, 0.25) is 5.02 Å². The third kappa shape index (κ3) is 5.38. The lowest BCUT2D eigenvalue weighted by Gasteiger charge is -2.36. The summed E-state index contributed by atoms with van der Waals surface area (Å²) >= 11 is 7.70. The maximum absolute atomic E-state index is 13.1. The maximum atomic E-state index is 13.1. The van der Waals surface area contributed by atoms with Crippen LogP contribution >= 0.6 is 23.4 Å². The Morgan fingerprint density at radius 3 is 2.85 bits per heavy atom. The lowest BCUT2D eigenvalue weighted by Crippen LogP contribution is -2.38. The molecule has 4 rings (SSSR count). The number of methoxy groups -OCH3 is 1. The summed E-state index contributed by atoms with van der Waals surface area (Å²) in [6.07, 6.45) is 1.67. The van der Waals surface area contributed by atoms with Gasteiger partial charge in [0.25, 0.3) is 0 Å². The van der Waals surface area contributed by atoms with Gasteiger partial charge in [0.05, 0.1) is 43.1 Å². The number of rotatable bonds is 9. The van der Waals surface area contributed by atoms with Gasteiger partial charge in [-0.05, 0) is 42.2 Å². The highest BCUT2D eigenvalue weighted by Gasteiger charge is 2.41. The van der Waals surface area contributed by atoms with Crippen molar-refractivity contribution in [2.24, 2.45) is 4.99 Å². The number of thioether (sulfide) groups is 1. The fraction of sp³-hybridized carbons (Fsp3) is 0.292. The van der Waals surface area contributed by atoms with E-state index in [4.69, 9.17) is 25.5 Å². The van der Waals surface area contributed by atoms with Gasteiger partial charge in [0.1, 0.15) is 12.4 Å². The molecule has 1 aromatic heterocycles. The van der Waals surface area contributed by atoms with Crippen LogP contribution in [-0.2, 0) is 25.6 Å². The van der Waals surface area contributed by atoms with Crippen LogP contribution in [0, 0.1) is 0 Å². The average molecular weight is 502 g/mol. The summed E-state index contributed by atoms with van der Waals surface area (Å²) in [4.78, 5) is 32.4. The number of nitrogens with one attached hydrogen (secondary N) is 1. The van der Waals surface area contributed by atoms with Crippen LogP contribution in [0.15, 0.2) is 74.4 Å². The number of amides is 1. The fourth-order valence-electron chi connectivity index (χ4n) is 3.74. The van der Waals surface area contributed by atoms with E-state index in [-0.39, 0.29) is 25.5 Å². The van der Waals surface area contributed by atoms with Gasteiger partial charge in [-0.15, -0.1) is 0 Å². The number of amidine groups is 1. The third-order valence-electron chi connectivity index (χ3n) is 5.29. The Labute approximate surface area is 206 Å². The number of halogens is 1. The normalized spacial score (nSPS) is 17.3. The monoisotopic (exact) mass is 501 g/mol. The Kier molecular flexibility index (Phi) is 7.77. The molecule has 2 aromatic rings. The maximum Gasteiger partial charge on any atom is 0.338 e. The number of nitrogens with zero attached hydrogens (tertiary/aromatic N) is 2. The molecule has 34 heavy (non-hydrogen) atoms. The number of fused-ring (bicyclic) bond motifs is 1. The molecule has 8 nitrogen and oxygen atoms in total. The van der Waals surface area contributed by atoms with E-state index in [2.05, 4.69) is 10.3 Å². The average Bonchev–Trinajstić information content (AvgIpc) is 3.47. The van der Waals surface area contributed by atoms with E-state index in [1.54, 1.807) is 38.5 Å². The minimum Gasteiger partial charge on any atom is -0.467 e. The highest BCUT2D eigenvalue weighted by molar-refractivity contribution is 8.16. The van der Waals surface area contributed by atoms with Gasteiger partial charge in [0.2, 0.25) is 5.91 Å². The lowest BCUT2D eigenvalue weighted by atomic mass is 9.94. The van der Waals surface area contributed by atoms with Crippen molar-refractivity contribution in [2.75, 3.05) is 20.3 Å². The molecule has 10 heteroatoms. The topological polar surface area (TPSA) is 93.4 Å². The molecule has 178 valence electrons. The molecular weight excluding hydrogens is 478 g/mol. The number of aliphatic imine (C=N–C) groups is 1. The number of ether oxygens (including phenoxy) is 2. The van der Waals surface area contributed by atoms with Crippen LogP contribution in [0.25, 0.3) is 0 Å². The van der Waals surface area contributed by atoms with Crippen molar-refractivity contribution in [1.29, 1.82) is 0 Å². The van der Waals surface area contributed by atoms with E-state index >= 15 is 0 Å². The quantitative estimate of drug-likeness (QED) is 0.402. The molecule has 1 atom stereocenters. The number of esters is 1. The zero-order valence-electron chi connectivity index (χ0n) is 18.7. The van der Waals surface area contributed by atoms with Crippen LogP contribution in [0.4, 0.5) is 0 Å². The number of carbonyl (C=O) groups excluding carboxylic acids is 2. The van der Waals surface area contributed by atoms with Gasteiger partial charge in [0.15, 0.2) is 5.17 Å². The second-order valence-electron chi connectivity index (χ2n) is 7.61. The van der Waals surface area contributed by atoms with Crippen molar-refractivity contribution < 1.29 is 23.5 Å². The molecule has 0 saturated carbocycles. The Balaban J connectivity index is 1.61. The summed E-state index contributed by atoms with van der Waals surface area (Å²) in [5, 5.41) is 5.97. The highest BCUT2D eigenvalue weighted by Crippen LogP contribution is 2.45. The minimum atomic E-state index is -0.541. The van der Waals surface area contributed by atoms with Gasteiger partial charge >= 0.3 is 5.97 Å². The van der Waals surface area contributed by atoms with Crippen LogP contribution in [-0.4, -0.2) is 42.3 Å². The lowest BCUT2D eigenvalue weighted by molar-refractivity contribution is -0.141. The van der Waals surface area contributed by atoms with E-state index in [9.17, 15) is 9.59 Å². The van der Waals surface area contributed by atoms with E-state index in [0.717, 1.165) is 11.3 Å². The van der Waals surface area contributed by atoms with Gasteiger partial charge in [0, 0.05) is 17.8 Å². The van der Waals surface area contributed by atoms with Gasteiger partial charge < -0.3 is 24.1 Å². The zero-order valence-corrected chi connectivity index (χ0v) is 20.3. The molecule has 1 N–H and O–H groups in total. The summed E-state index contributed by atoms with van der Waals surface area (Å²) in [6, 6.07) is 10.3. The van der Waals surface area contributed by atoms with Crippen LogP contribution in [0.5, 0.6) is 0 Å². The van der Waals surface area contributed by atoms with Gasteiger partial charge in [-0.3, -0.25) is 4.79 Å². The molecule has 0 saturated heterocycles. The van der Waals surface area contributed by atoms with Gasteiger partial charge in [-0.25, -0.2) is 9.79 Å². The van der Waals surface area contributed by atoms with E-state index in [0.29, 0.717) is 33.8 Å². The predicted molar refractivity (Wildman–Crippen MR) is 130 cm³/mol. The Bertz CT molecular complexity index is 1160. The summed E-state index contributed by atoms with van der Waals surface area (Å²) in [5.41, 5.74) is 2.47. The molecule has 1 amide bonds. The van der Waals surface area contributed by atoms with Crippen LogP contribution in [0.1, 0.15) is 30.7 Å². The third-order valence-corrected chi connectivity index (χ3v) is 6.41. The number of furan rings is 1. The number of hydrogen-bond donors (Lipinski definition) is 1. The Morgan fingerprint density at radius 2 is 2.12 bits per heavy atom. The zero-order chi connectivity index (χ0) is 24.1. The molecule has 0 fully saturated rings. The summed E-state index contributed by atoms with van der Waals surface area (Å²) in [5.74, 6) is 0.00508. The van der Waals surface area contributed by atoms with Crippen molar-refractivity contribution in [1.82, 2.24) is 10.2 Å². The van der Waals surface area contributed by atoms with E-state index in [1.165, 1.54) is 11.8 Å². The highest BCUT2D eigenvalue weighted by atomic mass is 35.5. The van der Waals surface area contributed by atoms with Crippen molar-refractivity contribution in [3.8, 4) is 0 Å². The molecule has 0 spiro atoms. The molecule has 0 unspecified atom stereocenters. The van der Waals surface area contributed by atoms with Crippen molar-refractivity contribution in [3.05, 3.63) is 81.4 Å². The van der Waals surface area contributed by atoms with Crippen LogP contribution in [0.3, 0.4) is 0 Å². The minimum absolute atomic E-state index is 0.106. The molecule has 2 aliphatic rings. The second kappa shape index (κ2) is 10.9. The Morgan fingerprint density at radius 1 is 1.26 bits per heavy atom. The fourth-order valence-corrected chi connectivity index (χ4v) is 4.91. The molecule has 0 bridgehead atoms. The first-order valence-electron chi connectivity index (χ1n) is 10.6. The molecular formula is C24H24ClN3O5S. The summed E-state index contributed by atoms with van der Waals surface area (Å²) < 4.78 is 15.7. The summed E-state index contributed by atoms with van der Waals surface area (Å²) in [7, 11) is 1.54. The Hall–Kier alpha value is -3.01. The van der Waals surface area contributed by atoms with Crippen molar-refractivity contribution in [3.63, 3.8) is 0 Å². The summed E-state index contributed by atoms with van der Waals surface area (Å²) in [6.45, 7) is 2.48. The predicted octanol–water partition coefficient (Wildman–Crippen LogP) is 4.40. The van der Waals surface area contributed by atoms with Crippen LogP contribution < -0.4 is 5.32 Å². The van der Waals surface area contributed by atoms with Crippen molar-refractivity contribution >= 4 is 40.4 Å². The number of carbonyl (C=O) groups is 2. The molecule has 2 aliphatic heterocycles. The van der Waals surface area contributed by atoms with Gasteiger partial charge in [-0.1, -0.05) is 35.5 Å². The molecule has 1 aromatic carbocycles. The van der Waals surface area contributed by atoms with Gasteiger partial charge in [-0.2, -0.15) is 0 Å². The first-order chi connectivity index (χ1) is 16.5. The number of benzene rings is 1.